The molecule has 0 spiro atoms. The first-order valence-corrected chi connectivity index (χ1v) is 10.8. The molecule has 32 heavy (non-hydrogen) atoms. The molecule has 0 aliphatic rings. The lowest BCUT2D eigenvalue weighted by Crippen LogP contribution is -2.41. The van der Waals surface area contributed by atoms with Gasteiger partial charge in [0.1, 0.15) is 18.4 Å². The minimum atomic E-state index is -0.715. The highest BCUT2D eigenvalue weighted by Gasteiger charge is 2.15. The second-order valence-electron chi connectivity index (χ2n) is 6.68. The average Bonchev–Trinajstić information content (AvgIpc) is 2.76. The highest BCUT2D eigenvalue weighted by atomic mass is 16.5. The van der Waals surface area contributed by atoms with Crippen molar-refractivity contribution < 1.29 is 33.4 Å². The van der Waals surface area contributed by atoms with Crippen LogP contribution in [0, 0.1) is 0 Å². The van der Waals surface area contributed by atoms with Crippen LogP contribution in [0.3, 0.4) is 0 Å². The fourth-order valence-electron chi connectivity index (χ4n) is 2.20. The first-order valence-electron chi connectivity index (χ1n) is 10.8. The number of carbonyl (C=O) groups excluding carboxylic acids is 4. The summed E-state index contributed by atoms with van der Waals surface area (Å²) in [5.74, 6) is -0.940. The van der Waals surface area contributed by atoms with E-state index in [0.717, 1.165) is 5.56 Å². The van der Waals surface area contributed by atoms with Gasteiger partial charge in [-0.3, -0.25) is 19.2 Å². The van der Waals surface area contributed by atoms with Gasteiger partial charge in [0, 0.05) is 25.5 Å². The highest BCUT2D eigenvalue weighted by Crippen LogP contribution is 2.11. The summed E-state index contributed by atoms with van der Waals surface area (Å²) in [6.45, 7) is 9.85. The Balaban J connectivity index is 0.00000466. The van der Waals surface area contributed by atoms with Gasteiger partial charge in [0.15, 0.2) is 0 Å². The Morgan fingerprint density at radius 2 is 1.44 bits per heavy atom. The molecule has 1 rings (SSSR count). The Bertz CT molecular complexity index is 705. The molecule has 2 N–H and O–H groups in total. The van der Waals surface area contributed by atoms with Crippen molar-refractivity contribution in [2.75, 3.05) is 31.7 Å². The molecule has 0 heterocycles. The second-order valence-corrected chi connectivity index (χ2v) is 6.68. The van der Waals surface area contributed by atoms with Gasteiger partial charge in [0.05, 0.1) is 26.4 Å². The number of hydrogen-bond donors (Lipinski definition) is 2. The molecule has 0 bridgehead atoms. The smallest absolute Gasteiger partial charge is 0.302 e. The summed E-state index contributed by atoms with van der Waals surface area (Å²) in [4.78, 5) is 45.7. The van der Waals surface area contributed by atoms with Crippen LogP contribution in [0.2, 0.25) is 0 Å². The van der Waals surface area contributed by atoms with Gasteiger partial charge in [0.25, 0.3) is 0 Å². The van der Waals surface area contributed by atoms with Crippen LogP contribution in [-0.2, 0) is 40.0 Å². The number of benzene rings is 1. The normalized spacial score (nSPS) is 10.9. The Kier molecular flexibility index (Phi) is 16.3. The SMILES string of the molecule is CC.CC(=O)CCOCCOCCC(=O)N[C@@H](C)C(=O)Nc1ccc(COC(C)=O)cc1. The van der Waals surface area contributed by atoms with Crippen LogP contribution in [0.5, 0.6) is 0 Å². The molecule has 1 atom stereocenters. The first-order chi connectivity index (χ1) is 15.3. The summed E-state index contributed by atoms with van der Waals surface area (Å²) in [6, 6.07) is 6.15. The number of esters is 1. The Morgan fingerprint density at radius 3 is 1.97 bits per heavy atom. The number of hydrogen-bond acceptors (Lipinski definition) is 7. The van der Waals surface area contributed by atoms with Gasteiger partial charge in [-0.2, -0.15) is 0 Å². The quantitative estimate of drug-likeness (QED) is 0.329. The summed E-state index contributed by atoms with van der Waals surface area (Å²) in [6.07, 6.45) is 0.497. The number of rotatable bonds is 14. The van der Waals surface area contributed by atoms with Crippen LogP contribution in [0.25, 0.3) is 0 Å². The van der Waals surface area contributed by atoms with Crippen molar-refractivity contribution in [1.82, 2.24) is 5.32 Å². The van der Waals surface area contributed by atoms with E-state index in [1.807, 2.05) is 13.8 Å². The minimum absolute atomic E-state index is 0.0713. The molecule has 0 fully saturated rings. The van der Waals surface area contributed by atoms with E-state index in [1.54, 1.807) is 31.2 Å². The number of amides is 2. The van der Waals surface area contributed by atoms with E-state index in [1.165, 1.54) is 13.8 Å². The van der Waals surface area contributed by atoms with Gasteiger partial charge < -0.3 is 24.8 Å². The van der Waals surface area contributed by atoms with Gasteiger partial charge in [-0.25, -0.2) is 0 Å². The zero-order valence-corrected chi connectivity index (χ0v) is 19.7. The number of ether oxygens (including phenoxy) is 3. The summed E-state index contributed by atoms with van der Waals surface area (Å²) >= 11 is 0. The lowest BCUT2D eigenvalue weighted by atomic mass is 10.2. The van der Waals surface area contributed by atoms with Crippen LogP contribution in [0.4, 0.5) is 5.69 Å². The van der Waals surface area contributed by atoms with E-state index in [4.69, 9.17) is 14.2 Å². The maximum Gasteiger partial charge on any atom is 0.302 e. The van der Waals surface area contributed by atoms with Crippen molar-refractivity contribution in [1.29, 1.82) is 0 Å². The van der Waals surface area contributed by atoms with Crippen LogP contribution in [-0.4, -0.2) is 56.0 Å². The molecule has 0 unspecified atom stereocenters. The molecule has 180 valence electrons. The largest absolute Gasteiger partial charge is 0.461 e. The van der Waals surface area contributed by atoms with E-state index in [2.05, 4.69) is 10.6 Å². The maximum atomic E-state index is 12.2. The molecular weight excluding hydrogens is 416 g/mol. The van der Waals surface area contributed by atoms with E-state index >= 15 is 0 Å². The summed E-state index contributed by atoms with van der Waals surface area (Å²) < 4.78 is 15.4. The predicted molar refractivity (Wildman–Crippen MR) is 121 cm³/mol. The molecule has 9 nitrogen and oxygen atoms in total. The fraction of sp³-hybridized carbons (Fsp3) is 0.565. The van der Waals surface area contributed by atoms with E-state index in [9.17, 15) is 19.2 Å². The van der Waals surface area contributed by atoms with Crippen molar-refractivity contribution >= 4 is 29.3 Å². The molecular formula is C23H36N2O7. The van der Waals surface area contributed by atoms with Gasteiger partial charge in [0.2, 0.25) is 11.8 Å². The van der Waals surface area contributed by atoms with Crippen LogP contribution in [0.1, 0.15) is 53.0 Å². The van der Waals surface area contributed by atoms with Crippen molar-refractivity contribution in [2.45, 2.75) is 60.1 Å². The number of nitrogens with one attached hydrogen (secondary N) is 2. The topological polar surface area (TPSA) is 120 Å². The second kappa shape index (κ2) is 17.9. The summed E-state index contributed by atoms with van der Waals surface area (Å²) in [5.41, 5.74) is 1.37. The predicted octanol–water partition coefficient (Wildman–Crippen LogP) is 2.62. The van der Waals surface area contributed by atoms with Crippen molar-refractivity contribution in [3.05, 3.63) is 29.8 Å². The zero-order chi connectivity index (χ0) is 24.4. The number of carbonyl (C=O) groups is 4. The van der Waals surface area contributed by atoms with Crippen LogP contribution >= 0.6 is 0 Å². The van der Waals surface area contributed by atoms with Crippen molar-refractivity contribution in [3.8, 4) is 0 Å². The standard InChI is InChI=1S/C21H30N2O7.C2H6/c1-15(24)8-10-28-12-13-29-11-9-20(26)22-16(2)21(27)23-19-6-4-18(5-7-19)14-30-17(3)25;1-2/h4-7,16H,8-14H2,1-3H3,(H,22,26)(H,23,27);1-2H3/t16-;/m0./s1. The molecule has 0 radical (unpaired) electrons. The fourth-order valence-corrected chi connectivity index (χ4v) is 2.20. The molecule has 0 saturated heterocycles. The lowest BCUT2D eigenvalue weighted by molar-refractivity contribution is -0.142. The third-order valence-electron chi connectivity index (χ3n) is 3.88. The molecule has 0 aliphatic heterocycles. The van der Waals surface area contributed by atoms with Crippen LogP contribution in [0.15, 0.2) is 24.3 Å². The van der Waals surface area contributed by atoms with Gasteiger partial charge in [-0.05, 0) is 31.5 Å². The Morgan fingerprint density at radius 1 is 0.875 bits per heavy atom. The van der Waals surface area contributed by atoms with E-state index < -0.39 is 6.04 Å². The summed E-state index contributed by atoms with van der Waals surface area (Å²) in [5, 5.41) is 5.32. The van der Waals surface area contributed by atoms with E-state index in [-0.39, 0.29) is 43.2 Å². The highest BCUT2D eigenvalue weighted by molar-refractivity contribution is 5.96. The zero-order valence-electron chi connectivity index (χ0n) is 19.7. The van der Waals surface area contributed by atoms with Gasteiger partial charge in [-0.1, -0.05) is 26.0 Å². The molecule has 2 amide bonds. The maximum absolute atomic E-state index is 12.2. The van der Waals surface area contributed by atoms with Crippen LogP contribution < -0.4 is 10.6 Å². The van der Waals surface area contributed by atoms with E-state index in [0.29, 0.717) is 31.9 Å². The monoisotopic (exact) mass is 452 g/mol. The third-order valence-corrected chi connectivity index (χ3v) is 3.88. The number of Topliss-reactive ketones (excluding diaryl/α,β-unsaturated/α-hetero) is 1. The molecule has 1 aromatic rings. The molecule has 0 aliphatic carbocycles. The molecule has 0 aromatic heterocycles. The van der Waals surface area contributed by atoms with Gasteiger partial charge >= 0.3 is 5.97 Å². The summed E-state index contributed by atoms with van der Waals surface area (Å²) in [7, 11) is 0. The molecule has 1 aromatic carbocycles. The van der Waals surface area contributed by atoms with Gasteiger partial charge in [-0.15, -0.1) is 0 Å². The Labute approximate surface area is 190 Å². The van der Waals surface area contributed by atoms with Crippen molar-refractivity contribution in [3.63, 3.8) is 0 Å². The minimum Gasteiger partial charge on any atom is -0.461 e. The molecule has 0 saturated carbocycles. The van der Waals surface area contributed by atoms with Crippen molar-refractivity contribution in [2.24, 2.45) is 0 Å². The molecule has 9 heteroatoms. The first kappa shape index (κ1) is 29.2. The lowest BCUT2D eigenvalue weighted by Gasteiger charge is -2.14. The third kappa shape index (κ3) is 15.1. The number of ketones is 1. The average molecular weight is 453 g/mol. The number of anilines is 1. The Hall–Kier alpha value is -2.78.